The molecule has 1 aromatic carbocycles. The second-order valence-corrected chi connectivity index (χ2v) is 10.1. The van der Waals surface area contributed by atoms with Gasteiger partial charge in [-0.25, -0.2) is 22.2 Å². The van der Waals surface area contributed by atoms with Gasteiger partial charge in [-0.1, -0.05) is 6.07 Å². The minimum atomic E-state index is -4.96. The third kappa shape index (κ3) is 3.82. The average Bonchev–Trinajstić information content (AvgIpc) is 3.25. The molecular weight excluding hydrogens is 527 g/mol. The molecule has 0 amide bonds. The summed E-state index contributed by atoms with van der Waals surface area (Å²) in [5.41, 5.74) is -7.29. The van der Waals surface area contributed by atoms with Crippen molar-refractivity contribution in [2.75, 3.05) is 0 Å². The Kier molecular flexibility index (Phi) is 5.76. The zero-order valence-electron chi connectivity index (χ0n) is 19.3. The van der Waals surface area contributed by atoms with Crippen molar-refractivity contribution in [3.63, 3.8) is 0 Å². The molecule has 0 aliphatic heterocycles. The van der Waals surface area contributed by atoms with Crippen LogP contribution in [0.25, 0.3) is 0 Å². The van der Waals surface area contributed by atoms with Gasteiger partial charge in [-0.3, -0.25) is 4.79 Å². The van der Waals surface area contributed by atoms with Gasteiger partial charge in [0.2, 0.25) is 0 Å². The molecule has 3 aliphatic carbocycles. The van der Waals surface area contributed by atoms with Crippen LogP contribution >= 0.6 is 0 Å². The SMILES string of the molecule is O=c1ccc(C23CC(C(F)(F)[C@](O)(Cn4cnnn4)c4ccc(F)cc4F)(C2)C3)cn1C[C@@H](O)C(F)(F)F. The molecule has 15 heteroatoms. The van der Waals surface area contributed by atoms with Gasteiger partial charge in [0.25, 0.3) is 11.5 Å². The minimum Gasteiger partial charge on any atom is -0.382 e. The maximum absolute atomic E-state index is 16.2. The van der Waals surface area contributed by atoms with Gasteiger partial charge in [0.1, 0.15) is 18.0 Å². The van der Waals surface area contributed by atoms with E-state index < -0.39 is 70.5 Å². The molecule has 0 saturated heterocycles. The third-order valence-electron chi connectivity index (χ3n) is 7.72. The van der Waals surface area contributed by atoms with E-state index in [0.29, 0.717) is 16.2 Å². The summed E-state index contributed by atoms with van der Waals surface area (Å²) in [5, 5.41) is 30.9. The standard InChI is InChI=1S/C23H20F7N5O3/c24-14-2-3-15(16(25)5-14)21(38,11-35-12-31-32-33-35)23(29,30)20-8-19(9-20,10-20)13-1-4-18(37)34(6-13)7-17(36)22(26,27)28/h1-6,12,17,36,38H,7-11H2/t17-,19?,20?,21+/m1/s1. The molecule has 2 N–H and O–H groups in total. The van der Waals surface area contributed by atoms with Crippen LogP contribution in [0.5, 0.6) is 0 Å². The van der Waals surface area contributed by atoms with Gasteiger partial charge < -0.3 is 14.8 Å². The predicted molar refractivity (Wildman–Crippen MR) is 114 cm³/mol. The van der Waals surface area contributed by atoms with E-state index in [1.165, 1.54) is 6.07 Å². The molecule has 3 aliphatic rings. The van der Waals surface area contributed by atoms with Crippen molar-refractivity contribution in [2.24, 2.45) is 5.41 Å². The Morgan fingerprint density at radius 3 is 2.32 bits per heavy atom. The number of alkyl halides is 5. The van der Waals surface area contributed by atoms with Gasteiger partial charge in [-0.2, -0.15) is 13.2 Å². The van der Waals surface area contributed by atoms with Gasteiger partial charge in [-0.05, 0) is 52.8 Å². The number of nitrogens with zero attached hydrogens (tertiary/aromatic N) is 5. The zero-order valence-corrected chi connectivity index (χ0v) is 19.3. The molecule has 204 valence electrons. The Balaban J connectivity index is 1.45. The first kappa shape index (κ1) is 26.3. The Hall–Kier alpha value is -3.33. The van der Waals surface area contributed by atoms with E-state index in [0.717, 1.165) is 35.4 Å². The molecule has 2 heterocycles. The number of aliphatic hydroxyl groups is 2. The summed E-state index contributed by atoms with van der Waals surface area (Å²) in [6.07, 6.45) is -6.39. The van der Waals surface area contributed by atoms with Crippen molar-refractivity contribution in [1.82, 2.24) is 24.8 Å². The largest absolute Gasteiger partial charge is 0.416 e. The Morgan fingerprint density at radius 2 is 1.74 bits per heavy atom. The van der Waals surface area contributed by atoms with Crippen LogP contribution in [0.4, 0.5) is 30.7 Å². The van der Waals surface area contributed by atoms with Gasteiger partial charge in [0.05, 0.1) is 13.1 Å². The molecule has 2 aromatic heterocycles. The first-order chi connectivity index (χ1) is 17.6. The maximum Gasteiger partial charge on any atom is 0.416 e. The molecule has 0 spiro atoms. The monoisotopic (exact) mass is 547 g/mol. The summed E-state index contributed by atoms with van der Waals surface area (Å²) in [4.78, 5) is 12.0. The smallest absolute Gasteiger partial charge is 0.382 e. The lowest BCUT2D eigenvalue weighted by atomic mass is 9.30. The van der Waals surface area contributed by atoms with Crippen LogP contribution in [0, 0.1) is 17.0 Å². The highest BCUT2D eigenvalue weighted by Gasteiger charge is 2.82. The summed E-state index contributed by atoms with van der Waals surface area (Å²) >= 11 is 0. The van der Waals surface area contributed by atoms with Crippen LogP contribution in [-0.2, 0) is 24.1 Å². The van der Waals surface area contributed by atoms with E-state index in [-0.39, 0.29) is 19.3 Å². The Bertz CT molecular complexity index is 1410. The van der Waals surface area contributed by atoms with Crippen molar-refractivity contribution >= 4 is 0 Å². The number of halogens is 7. The molecule has 0 unspecified atom stereocenters. The number of aliphatic hydroxyl groups excluding tert-OH is 1. The van der Waals surface area contributed by atoms with E-state index in [4.69, 9.17) is 0 Å². The van der Waals surface area contributed by atoms with Crippen molar-refractivity contribution in [2.45, 2.75) is 61.6 Å². The molecule has 8 nitrogen and oxygen atoms in total. The molecule has 2 atom stereocenters. The summed E-state index contributed by atoms with van der Waals surface area (Å²) in [6.45, 7) is -2.02. The van der Waals surface area contributed by atoms with E-state index in [1.807, 2.05) is 0 Å². The molecule has 2 bridgehead atoms. The molecule has 0 radical (unpaired) electrons. The van der Waals surface area contributed by atoms with Crippen LogP contribution in [0.3, 0.4) is 0 Å². The summed E-state index contributed by atoms with van der Waals surface area (Å²) in [5.74, 6) is -6.42. The normalized spacial score (nSPS) is 25.3. The number of hydrogen-bond donors (Lipinski definition) is 2. The fourth-order valence-electron chi connectivity index (χ4n) is 5.81. The van der Waals surface area contributed by atoms with Crippen LogP contribution in [0.2, 0.25) is 0 Å². The van der Waals surface area contributed by atoms with Crippen molar-refractivity contribution in [3.8, 4) is 0 Å². The lowest BCUT2D eigenvalue weighted by Gasteiger charge is -2.74. The predicted octanol–water partition coefficient (Wildman–Crippen LogP) is 2.68. The highest BCUT2D eigenvalue weighted by atomic mass is 19.4. The van der Waals surface area contributed by atoms with Crippen LogP contribution < -0.4 is 5.56 Å². The molecule has 38 heavy (non-hydrogen) atoms. The number of aromatic nitrogens is 5. The van der Waals surface area contributed by atoms with Crippen molar-refractivity contribution in [3.05, 3.63) is 76.0 Å². The molecule has 6 rings (SSSR count). The van der Waals surface area contributed by atoms with Gasteiger partial charge in [0.15, 0.2) is 11.7 Å². The van der Waals surface area contributed by atoms with Crippen molar-refractivity contribution in [1.29, 1.82) is 0 Å². The average molecular weight is 547 g/mol. The van der Waals surface area contributed by atoms with E-state index in [9.17, 15) is 37.0 Å². The van der Waals surface area contributed by atoms with Crippen LogP contribution in [0.1, 0.15) is 30.4 Å². The fraction of sp³-hybridized carbons (Fsp3) is 0.478. The fourth-order valence-corrected chi connectivity index (χ4v) is 5.81. The van der Waals surface area contributed by atoms with Crippen LogP contribution in [0.15, 0.2) is 47.7 Å². The number of benzene rings is 1. The van der Waals surface area contributed by atoms with E-state index in [2.05, 4.69) is 15.5 Å². The molecule has 3 fully saturated rings. The summed E-state index contributed by atoms with van der Waals surface area (Å²) < 4.78 is 100. The van der Waals surface area contributed by atoms with Gasteiger partial charge >= 0.3 is 6.18 Å². The first-order valence-electron chi connectivity index (χ1n) is 11.3. The zero-order chi connectivity index (χ0) is 27.7. The third-order valence-corrected chi connectivity index (χ3v) is 7.72. The highest BCUT2D eigenvalue weighted by Crippen LogP contribution is 2.80. The Morgan fingerprint density at radius 1 is 1.05 bits per heavy atom. The summed E-state index contributed by atoms with van der Waals surface area (Å²) in [7, 11) is 0. The quantitative estimate of drug-likeness (QED) is 0.421. The molecule has 3 saturated carbocycles. The highest BCUT2D eigenvalue weighted by molar-refractivity contribution is 5.42. The number of pyridine rings is 1. The van der Waals surface area contributed by atoms with Crippen LogP contribution in [-0.4, -0.2) is 53.2 Å². The molecular formula is C23H20F7N5O3. The second-order valence-electron chi connectivity index (χ2n) is 10.1. The Labute approximate surface area is 209 Å². The number of hydrogen-bond acceptors (Lipinski definition) is 6. The van der Waals surface area contributed by atoms with E-state index in [1.54, 1.807) is 0 Å². The van der Waals surface area contributed by atoms with Gasteiger partial charge in [-0.15, -0.1) is 5.10 Å². The molecule has 3 aromatic rings. The minimum absolute atomic E-state index is 0.228. The topological polar surface area (TPSA) is 106 Å². The lowest BCUT2D eigenvalue weighted by molar-refractivity contribution is -0.347. The summed E-state index contributed by atoms with van der Waals surface area (Å²) in [6, 6.07) is 4.16. The lowest BCUT2D eigenvalue weighted by Crippen LogP contribution is -2.76. The maximum atomic E-state index is 16.2. The van der Waals surface area contributed by atoms with Gasteiger partial charge in [0, 0.05) is 29.3 Å². The number of rotatable bonds is 8. The van der Waals surface area contributed by atoms with E-state index >= 15 is 8.78 Å². The first-order valence-corrected chi connectivity index (χ1v) is 11.3. The number of tetrazole rings is 1. The second kappa shape index (κ2) is 8.33. The van der Waals surface area contributed by atoms with Crippen molar-refractivity contribution < 1.29 is 40.9 Å².